The number of fused-ring (bicyclic) bond motifs is 1. The Morgan fingerprint density at radius 3 is 2.39 bits per heavy atom. The van der Waals surface area contributed by atoms with Crippen LogP contribution in [0.25, 0.3) is 32.0 Å². The highest BCUT2D eigenvalue weighted by atomic mass is 35.5. The van der Waals surface area contributed by atoms with Crippen LogP contribution in [0.3, 0.4) is 0 Å². The summed E-state index contributed by atoms with van der Waals surface area (Å²) >= 11 is 7.83. The van der Waals surface area contributed by atoms with E-state index in [2.05, 4.69) is 42.5 Å². The van der Waals surface area contributed by atoms with E-state index in [1.807, 2.05) is 70.3 Å². The van der Waals surface area contributed by atoms with Gasteiger partial charge in [0.05, 0.1) is 22.9 Å². The predicted octanol–water partition coefficient (Wildman–Crippen LogP) is 7.72. The molecule has 4 aromatic rings. The van der Waals surface area contributed by atoms with E-state index in [1.54, 1.807) is 11.3 Å². The summed E-state index contributed by atoms with van der Waals surface area (Å²) in [7, 11) is 1.39. The van der Waals surface area contributed by atoms with Crippen LogP contribution >= 0.6 is 22.9 Å². The number of hydrogen-bond donors (Lipinski definition) is 0. The van der Waals surface area contributed by atoms with Gasteiger partial charge in [0, 0.05) is 53.6 Å². The van der Waals surface area contributed by atoms with Crippen LogP contribution < -0.4 is 4.90 Å². The molecule has 0 spiro atoms. The van der Waals surface area contributed by atoms with Gasteiger partial charge in [-0.2, -0.15) is 0 Å². The Hall–Kier alpha value is -3.11. The van der Waals surface area contributed by atoms with Gasteiger partial charge in [0.25, 0.3) is 0 Å². The summed E-state index contributed by atoms with van der Waals surface area (Å²) in [4.78, 5) is 32.7. The first-order valence-corrected chi connectivity index (χ1v) is 16.2. The van der Waals surface area contributed by atoms with E-state index in [1.165, 1.54) is 7.11 Å². The third-order valence-electron chi connectivity index (χ3n) is 7.84. The number of aromatic nitrogens is 3. The van der Waals surface area contributed by atoms with Crippen LogP contribution in [0.4, 0.5) is 5.95 Å². The maximum absolute atomic E-state index is 13.2. The van der Waals surface area contributed by atoms with Gasteiger partial charge in [0.15, 0.2) is 6.10 Å². The van der Waals surface area contributed by atoms with Crippen molar-refractivity contribution in [3.05, 3.63) is 58.7 Å². The molecule has 1 saturated heterocycles. The summed E-state index contributed by atoms with van der Waals surface area (Å²) in [5, 5.41) is 1.41. The number of anilines is 1. The van der Waals surface area contributed by atoms with Gasteiger partial charge in [-0.3, -0.25) is 4.90 Å². The summed E-state index contributed by atoms with van der Waals surface area (Å²) < 4.78 is 12.5. The minimum Gasteiger partial charge on any atom is -0.467 e. The van der Waals surface area contributed by atoms with E-state index in [9.17, 15) is 4.79 Å². The van der Waals surface area contributed by atoms with Crippen LogP contribution in [0.5, 0.6) is 0 Å². The van der Waals surface area contributed by atoms with Crippen molar-refractivity contribution in [3.63, 3.8) is 0 Å². The highest BCUT2D eigenvalue weighted by molar-refractivity contribution is 7.22. The summed E-state index contributed by atoms with van der Waals surface area (Å²) in [5.74, 6) is 0.254. The van der Waals surface area contributed by atoms with Crippen LogP contribution in [-0.2, 0) is 14.3 Å². The Bertz CT molecular complexity index is 1660. The van der Waals surface area contributed by atoms with Gasteiger partial charge in [-0.1, -0.05) is 23.7 Å². The number of thiazole rings is 1. The van der Waals surface area contributed by atoms with Gasteiger partial charge >= 0.3 is 5.97 Å². The van der Waals surface area contributed by atoms with Gasteiger partial charge in [-0.05, 0) is 90.8 Å². The molecule has 0 saturated carbocycles. The van der Waals surface area contributed by atoms with E-state index in [-0.39, 0.29) is 5.54 Å². The molecule has 0 aliphatic carbocycles. The molecule has 44 heavy (non-hydrogen) atoms. The molecule has 0 N–H and O–H groups in total. The standard InChI is InChI=1S/C34H42ClN5O3S/c1-20-18-25-29(27(22-10-12-23(35)13-11-22)26(20)28(31(41)42-9)43-34(6,7)8)44-30(37-25)24-14-15-36-32(38-24)39-16-17-40(21(2)19-39)33(3,4)5/h10-15,18,21,28H,16-17,19H2,1-9H3/t21-,28+/m1/s1. The number of benzene rings is 2. The number of halogens is 1. The highest BCUT2D eigenvalue weighted by Crippen LogP contribution is 2.44. The molecule has 8 nitrogen and oxygen atoms in total. The molecule has 2 atom stereocenters. The van der Waals surface area contributed by atoms with Gasteiger partial charge in [0.1, 0.15) is 10.7 Å². The number of hydrogen-bond acceptors (Lipinski definition) is 9. The third kappa shape index (κ3) is 6.76. The van der Waals surface area contributed by atoms with E-state index in [4.69, 9.17) is 31.0 Å². The Balaban J connectivity index is 1.62. The molecule has 234 valence electrons. The van der Waals surface area contributed by atoms with Crippen molar-refractivity contribution in [2.45, 2.75) is 78.7 Å². The van der Waals surface area contributed by atoms with Crippen molar-refractivity contribution in [1.29, 1.82) is 0 Å². The SMILES string of the molecule is COC(=O)[C@@H](OC(C)(C)C)c1c(C)cc2nc(-c3ccnc(N4CCN(C(C)(C)C)[C@H](C)C4)n3)sc2c1-c1ccc(Cl)cc1. The number of esters is 1. The van der Waals surface area contributed by atoms with Crippen LogP contribution in [0.1, 0.15) is 65.7 Å². The van der Waals surface area contributed by atoms with Crippen LogP contribution in [0.2, 0.25) is 5.02 Å². The predicted molar refractivity (Wildman–Crippen MR) is 180 cm³/mol. The Morgan fingerprint density at radius 2 is 1.77 bits per heavy atom. The normalized spacial score (nSPS) is 17.2. The maximum atomic E-state index is 13.2. The Labute approximate surface area is 269 Å². The number of carbonyl (C=O) groups is 1. The topological polar surface area (TPSA) is 80.7 Å². The zero-order chi connectivity index (χ0) is 32.0. The average Bonchev–Trinajstić information content (AvgIpc) is 3.38. The summed E-state index contributed by atoms with van der Waals surface area (Å²) in [6.45, 7) is 19.5. The minimum absolute atomic E-state index is 0.110. The fourth-order valence-electron chi connectivity index (χ4n) is 6.00. The number of methoxy groups -OCH3 is 1. The van der Waals surface area contributed by atoms with E-state index >= 15 is 0 Å². The molecule has 3 heterocycles. The summed E-state index contributed by atoms with van der Waals surface area (Å²) in [6.07, 6.45) is 0.881. The molecule has 5 rings (SSSR count). The molecule has 0 unspecified atom stereocenters. The van der Waals surface area contributed by atoms with E-state index in [0.717, 1.165) is 62.8 Å². The molecule has 10 heteroatoms. The van der Waals surface area contributed by atoms with Crippen LogP contribution in [0, 0.1) is 6.92 Å². The molecule has 1 fully saturated rings. The van der Waals surface area contributed by atoms with Gasteiger partial charge in [-0.25, -0.2) is 19.7 Å². The lowest BCUT2D eigenvalue weighted by molar-refractivity contribution is -0.164. The third-order valence-corrected chi connectivity index (χ3v) is 9.21. The first-order chi connectivity index (χ1) is 20.7. The van der Waals surface area contributed by atoms with Crippen molar-refractivity contribution in [2.75, 3.05) is 31.6 Å². The fraction of sp³-hybridized carbons (Fsp3) is 0.471. The zero-order valence-corrected chi connectivity index (χ0v) is 28.6. The molecule has 2 aromatic heterocycles. The second kappa shape index (κ2) is 12.4. The van der Waals surface area contributed by atoms with Gasteiger partial charge in [-0.15, -0.1) is 11.3 Å². The monoisotopic (exact) mass is 635 g/mol. The van der Waals surface area contributed by atoms with Crippen molar-refractivity contribution < 1.29 is 14.3 Å². The quantitative estimate of drug-likeness (QED) is 0.199. The lowest BCUT2D eigenvalue weighted by Crippen LogP contribution is -2.58. The molecule has 2 aromatic carbocycles. The van der Waals surface area contributed by atoms with Gasteiger partial charge < -0.3 is 14.4 Å². The van der Waals surface area contributed by atoms with Crippen molar-refractivity contribution in [1.82, 2.24) is 19.9 Å². The van der Waals surface area contributed by atoms with E-state index in [0.29, 0.717) is 17.0 Å². The Kier molecular flexibility index (Phi) is 9.06. The molecule has 1 aliphatic heterocycles. The number of carbonyl (C=O) groups excluding carboxylic acids is 1. The maximum Gasteiger partial charge on any atom is 0.339 e. The summed E-state index contributed by atoms with van der Waals surface area (Å²) in [6, 6.07) is 11.9. The van der Waals surface area contributed by atoms with Gasteiger partial charge in [0.2, 0.25) is 5.95 Å². The number of aryl methyl sites for hydroxylation is 1. The number of nitrogens with zero attached hydrogens (tertiary/aromatic N) is 5. The second-order valence-electron chi connectivity index (χ2n) is 13.4. The zero-order valence-electron chi connectivity index (χ0n) is 27.1. The highest BCUT2D eigenvalue weighted by Gasteiger charge is 2.34. The average molecular weight is 636 g/mol. The smallest absolute Gasteiger partial charge is 0.339 e. The largest absolute Gasteiger partial charge is 0.467 e. The molecular weight excluding hydrogens is 594 g/mol. The molecule has 0 amide bonds. The first-order valence-electron chi connectivity index (χ1n) is 15.0. The van der Waals surface area contributed by atoms with Crippen molar-refractivity contribution >= 4 is 45.1 Å². The van der Waals surface area contributed by atoms with Crippen LogP contribution in [-0.4, -0.2) is 69.7 Å². The van der Waals surface area contributed by atoms with Crippen molar-refractivity contribution in [2.24, 2.45) is 0 Å². The number of ether oxygens (including phenoxy) is 2. The minimum atomic E-state index is -0.931. The number of piperazine rings is 1. The molecular formula is C34H42ClN5O3S. The molecule has 0 bridgehead atoms. The molecule has 1 aliphatic rings. The Morgan fingerprint density at radius 1 is 1.07 bits per heavy atom. The second-order valence-corrected chi connectivity index (χ2v) is 14.8. The molecule has 0 radical (unpaired) electrons. The van der Waals surface area contributed by atoms with Crippen molar-refractivity contribution in [3.8, 4) is 21.8 Å². The van der Waals surface area contributed by atoms with Crippen LogP contribution in [0.15, 0.2) is 42.6 Å². The summed E-state index contributed by atoms with van der Waals surface area (Å²) in [5.41, 5.74) is 4.53. The first kappa shape index (κ1) is 32.3. The fourth-order valence-corrected chi connectivity index (χ4v) is 7.22. The lowest BCUT2D eigenvalue weighted by atomic mass is 9.91. The van der Waals surface area contributed by atoms with E-state index < -0.39 is 17.7 Å². The lowest BCUT2D eigenvalue weighted by Gasteiger charge is -2.46. The number of rotatable bonds is 6.